The number of hydrogen-bond donors (Lipinski definition) is 2. The Labute approximate surface area is 76.4 Å². The van der Waals surface area contributed by atoms with E-state index in [0.29, 0.717) is 0 Å². The molecule has 0 aromatic carbocycles. The van der Waals surface area contributed by atoms with E-state index in [0.717, 1.165) is 25.8 Å². The van der Waals surface area contributed by atoms with Crippen molar-refractivity contribution in [1.29, 1.82) is 0 Å². The number of hydrogen-bond acceptors (Lipinski definition) is 2. The first-order valence-electron chi connectivity index (χ1n) is 5.22. The van der Waals surface area contributed by atoms with E-state index in [1.807, 2.05) is 0 Å². The lowest BCUT2D eigenvalue weighted by molar-refractivity contribution is 0.124. The van der Waals surface area contributed by atoms with Gasteiger partial charge in [0, 0.05) is 0 Å². The van der Waals surface area contributed by atoms with Crippen molar-refractivity contribution in [2.24, 2.45) is 0 Å². The van der Waals surface area contributed by atoms with Gasteiger partial charge in [-0.2, -0.15) is 0 Å². The third-order valence-electron chi connectivity index (χ3n) is 1.99. The molecule has 0 aromatic heterocycles. The summed E-state index contributed by atoms with van der Waals surface area (Å²) in [5, 5.41) is 12.5. The molecule has 0 aliphatic heterocycles. The Balaban J connectivity index is 3.04. The molecule has 2 nitrogen and oxygen atoms in total. The van der Waals surface area contributed by atoms with E-state index in [1.54, 1.807) is 0 Å². The standard InChI is InChI=1S/C10H23NO/c1-3-5-7-8-10(12)11-9-6-4-2/h10-12H,3-9H2,1-2H3. The first-order chi connectivity index (χ1) is 5.81. The van der Waals surface area contributed by atoms with Gasteiger partial charge in [-0.15, -0.1) is 0 Å². The lowest BCUT2D eigenvalue weighted by Crippen LogP contribution is -2.29. The van der Waals surface area contributed by atoms with Crippen LogP contribution in [0.3, 0.4) is 0 Å². The van der Waals surface area contributed by atoms with Crippen molar-refractivity contribution < 1.29 is 5.11 Å². The monoisotopic (exact) mass is 173 g/mol. The van der Waals surface area contributed by atoms with E-state index < -0.39 is 0 Å². The van der Waals surface area contributed by atoms with Crippen LogP contribution in [0.4, 0.5) is 0 Å². The summed E-state index contributed by atoms with van der Waals surface area (Å²) in [7, 11) is 0. The number of rotatable bonds is 8. The Hall–Kier alpha value is -0.0800. The van der Waals surface area contributed by atoms with Crippen molar-refractivity contribution in [3.63, 3.8) is 0 Å². The molecule has 0 saturated carbocycles. The van der Waals surface area contributed by atoms with Gasteiger partial charge in [-0.3, -0.25) is 5.32 Å². The molecule has 0 rings (SSSR count). The summed E-state index contributed by atoms with van der Waals surface area (Å²) >= 11 is 0. The van der Waals surface area contributed by atoms with Crippen LogP contribution in [0.2, 0.25) is 0 Å². The molecule has 0 fully saturated rings. The minimum atomic E-state index is -0.275. The smallest absolute Gasteiger partial charge is 0.104 e. The summed E-state index contributed by atoms with van der Waals surface area (Å²) < 4.78 is 0. The van der Waals surface area contributed by atoms with E-state index in [1.165, 1.54) is 19.3 Å². The van der Waals surface area contributed by atoms with Crippen molar-refractivity contribution in [2.45, 2.75) is 58.6 Å². The van der Waals surface area contributed by atoms with Crippen molar-refractivity contribution in [2.75, 3.05) is 6.54 Å². The molecule has 0 aromatic rings. The number of aliphatic hydroxyl groups is 1. The van der Waals surface area contributed by atoms with Gasteiger partial charge < -0.3 is 5.11 Å². The van der Waals surface area contributed by atoms with Crippen LogP contribution in [0.25, 0.3) is 0 Å². The van der Waals surface area contributed by atoms with Gasteiger partial charge in [-0.05, 0) is 25.8 Å². The lowest BCUT2D eigenvalue weighted by Gasteiger charge is -2.11. The SMILES string of the molecule is CCCCCC(O)NCCCC. The fourth-order valence-corrected chi connectivity index (χ4v) is 1.14. The predicted octanol–water partition coefficient (Wildman–Crippen LogP) is 2.27. The average Bonchev–Trinajstić information content (AvgIpc) is 2.06. The van der Waals surface area contributed by atoms with Gasteiger partial charge in [0.2, 0.25) is 0 Å². The average molecular weight is 173 g/mol. The highest BCUT2D eigenvalue weighted by atomic mass is 16.3. The fraction of sp³-hybridized carbons (Fsp3) is 1.00. The number of unbranched alkanes of at least 4 members (excludes halogenated alkanes) is 3. The van der Waals surface area contributed by atoms with Crippen molar-refractivity contribution in [1.82, 2.24) is 5.32 Å². The Bertz CT molecular complexity index is 75.9. The molecule has 2 N–H and O–H groups in total. The zero-order valence-corrected chi connectivity index (χ0v) is 8.47. The van der Waals surface area contributed by atoms with Gasteiger partial charge >= 0.3 is 0 Å². The van der Waals surface area contributed by atoms with Crippen LogP contribution in [0, 0.1) is 0 Å². The third-order valence-corrected chi connectivity index (χ3v) is 1.99. The van der Waals surface area contributed by atoms with Crippen molar-refractivity contribution in [3.05, 3.63) is 0 Å². The molecular weight excluding hydrogens is 150 g/mol. The minimum Gasteiger partial charge on any atom is -0.379 e. The topological polar surface area (TPSA) is 32.3 Å². The van der Waals surface area contributed by atoms with Crippen LogP contribution in [0.15, 0.2) is 0 Å². The van der Waals surface area contributed by atoms with E-state index in [2.05, 4.69) is 19.2 Å². The third kappa shape index (κ3) is 8.02. The van der Waals surface area contributed by atoms with Crippen LogP contribution in [0.1, 0.15) is 52.4 Å². The molecule has 0 saturated heterocycles. The molecule has 0 amide bonds. The quantitative estimate of drug-likeness (QED) is 0.436. The summed E-state index contributed by atoms with van der Waals surface area (Å²) in [6.45, 7) is 5.28. The molecule has 1 unspecified atom stereocenters. The molecular formula is C10H23NO. The van der Waals surface area contributed by atoms with E-state index >= 15 is 0 Å². The van der Waals surface area contributed by atoms with E-state index in [9.17, 15) is 5.11 Å². The Kier molecular flexibility index (Phi) is 8.95. The molecule has 0 bridgehead atoms. The van der Waals surface area contributed by atoms with Crippen LogP contribution < -0.4 is 5.32 Å². The zero-order chi connectivity index (χ0) is 9.23. The predicted molar refractivity (Wildman–Crippen MR) is 53.1 cm³/mol. The minimum absolute atomic E-state index is 0.275. The molecule has 0 aliphatic carbocycles. The van der Waals surface area contributed by atoms with Crippen LogP contribution >= 0.6 is 0 Å². The van der Waals surface area contributed by atoms with E-state index in [4.69, 9.17) is 0 Å². The normalized spacial score (nSPS) is 13.2. The van der Waals surface area contributed by atoms with Gasteiger partial charge in [0.15, 0.2) is 0 Å². The van der Waals surface area contributed by atoms with Crippen LogP contribution in [-0.2, 0) is 0 Å². The molecule has 0 heterocycles. The molecule has 12 heavy (non-hydrogen) atoms. The summed E-state index contributed by atoms with van der Waals surface area (Å²) in [6.07, 6.45) is 6.56. The molecule has 1 atom stereocenters. The second-order valence-corrected chi connectivity index (χ2v) is 3.32. The summed E-state index contributed by atoms with van der Waals surface area (Å²) in [4.78, 5) is 0. The number of nitrogens with one attached hydrogen (secondary N) is 1. The highest BCUT2D eigenvalue weighted by Crippen LogP contribution is 2.01. The molecule has 74 valence electrons. The maximum absolute atomic E-state index is 9.39. The lowest BCUT2D eigenvalue weighted by atomic mass is 10.2. The Morgan fingerprint density at radius 1 is 1.08 bits per heavy atom. The Morgan fingerprint density at radius 3 is 2.33 bits per heavy atom. The summed E-state index contributed by atoms with van der Waals surface area (Å²) in [6, 6.07) is 0. The van der Waals surface area contributed by atoms with Crippen molar-refractivity contribution >= 4 is 0 Å². The van der Waals surface area contributed by atoms with Gasteiger partial charge in [0.05, 0.1) is 0 Å². The second kappa shape index (κ2) is 9.01. The fourth-order valence-electron chi connectivity index (χ4n) is 1.14. The van der Waals surface area contributed by atoms with Crippen LogP contribution in [-0.4, -0.2) is 17.9 Å². The molecule has 2 heteroatoms. The Morgan fingerprint density at radius 2 is 1.75 bits per heavy atom. The van der Waals surface area contributed by atoms with Crippen molar-refractivity contribution in [3.8, 4) is 0 Å². The maximum atomic E-state index is 9.39. The van der Waals surface area contributed by atoms with Crippen LogP contribution in [0.5, 0.6) is 0 Å². The maximum Gasteiger partial charge on any atom is 0.104 e. The van der Waals surface area contributed by atoms with E-state index in [-0.39, 0.29) is 6.23 Å². The highest BCUT2D eigenvalue weighted by Gasteiger charge is 2.00. The van der Waals surface area contributed by atoms with Gasteiger partial charge in [-0.25, -0.2) is 0 Å². The zero-order valence-electron chi connectivity index (χ0n) is 8.47. The largest absolute Gasteiger partial charge is 0.379 e. The number of aliphatic hydroxyl groups excluding tert-OH is 1. The van der Waals surface area contributed by atoms with Gasteiger partial charge in [0.1, 0.15) is 6.23 Å². The van der Waals surface area contributed by atoms with Gasteiger partial charge in [0.25, 0.3) is 0 Å². The summed E-state index contributed by atoms with van der Waals surface area (Å²) in [5.41, 5.74) is 0. The molecule has 0 aliphatic rings. The highest BCUT2D eigenvalue weighted by molar-refractivity contribution is 4.53. The summed E-state index contributed by atoms with van der Waals surface area (Å²) in [5.74, 6) is 0. The first-order valence-corrected chi connectivity index (χ1v) is 5.22. The first kappa shape index (κ1) is 11.9. The second-order valence-electron chi connectivity index (χ2n) is 3.32. The molecule has 0 radical (unpaired) electrons. The molecule has 0 spiro atoms. The van der Waals surface area contributed by atoms with Gasteiger partial charge in [-0.1, -0.05) is 33.1 Å².